The third kappa shape index (κ3) is 6.05. The molecule has 1 saturated heterocycles. The molecule has 1 aliphatic carbocycles. The molecule has 8 heteroatoms. The van der Waals surface area contributed by atoms with Crippen LogP contribution in [0.15, 0.2) is 42.5 Å². The summed E-state index contributed by atoms with van der Waals surface area (Å²) in [5, 5.41) is 0. The van der Waals surface area contributed by atoms with Crippen molar-refractivity contribution in [1.29, 1.82) is 0 Å². The molecule has 6 nitrogen and oxygen atoms in total. The number of fused-ring (bicyclic) bond motifs is 1. The minimum Gasteiger partial charge on any atom is -0.489 e. The maximum atomic E-state index is 13.0. The Labute approximate surface area is 218 Å². The number of piperidine rings is 1. The highest BCUT2D eigenvalue weighted by Crippen LogP contribution is 2.34. The van der Waals surface area contributed by atoms with Crippen LogP contribution in [-0.4, -0.2) is 46.4 Å². The second-order valence-corrected chi connectivity index (χ2v) is 9.39. The number of likely N-dealkylation sites (tertiary alicyclic amines) is 1. The predicted octanol–water partition coefficient (Wildman–Crippen LogP) is 4.74. The Morgan fingerprint density at radius 1 is 0.886 bits per heavy atom. The molecule has 0 spiro atoms. The quantitative estimate of drug-likeness (QED) is 0.516. The Balaban J connectivity index is 0.00000171. The van der Waals surface area contributed by atoms with Crippen molar-refractivity contribution in [2.45, 2.75) is 64.3 Å². The van der Waals surface area contributed by atoms with Gasteiger partial charge in [0, 0.05) is 24.1 Å². The summed E-state index contributed by atoms with van der Waals surface area (Å²) in [4.78, 5) is 41.1. The van der Waals surface area contributed by atoms with Crippen molar-refractivity contribution in [3.63, 3.8) is 0 Å². The molecular weight excluding hydrogens is 487 g/mol. The van der Waals surface area contributed by atoms with E-state index >= 15 is 0 Å². The van der Waals surface area contributed by atoms with Crippen LogP contribution in [0.5, 0.6) is 5.75 Å². The van der Waals surface area contributed by atoms with Crippen LogP contribution >= 0.6 is 24.8 Å². The van der Waals surface area contributed by atoms with Crippen molar-refractivity contribution < 1.29 is 19.1 Å². The monoisotopic (exact) mass is 518 g/mol. The van der Waals surface area contributed by atoms with Crippen LogP contribution in [0.2, 0.25) is 0 Å². The van der Waals surface area contributed by atoms with E-state index in [0.717, 1.165) is 17.7 Å². The van der Waals surface area contributed by atoms with Gasteiger partial charge in [-0.3, -0.25) is 19.3 Å². The van der Waals surface area contributed by atoms with E-state index in [1.54, 1.807) is 11.0 Å². The first-order valence-corrected chi connectivity index (χ1v) is 12.0. The second kappa shape index (κ2) is 12.0. The van der Waals surface area contributed by atoms with Crippen LogP contribution in [0.25, 0.3) is 0 Å². The number of ether oxygens (including phenoxy) is 1. The van der Waals surface area contributed by atoms with Crippen molar-refractivity contribution in [2.75, 3.05) is 13.1 Å². The zero-order valence-corrected chi connectivity index (χ0v) is 21.4. The third-order valence-electron chi connectivity index (χ3n) is 7.04. The van der Waals surface area contributed by atoms with Crippen LogP contribution < -0.4 is 4.74 Å². The minimum atomic E-state index is -0.511. The van der Waals surface area contributed by atoms with Crippen LogP contribution in [0.3, 0.4) is 0 Å². The van der Waals surface area contributed by atoms with E-state index in [9.17, 15) is 14.4 Å². The van der Waals surface area contributed by atoms with E-state index in [4.69, 9.17) is 4.74 Å². The van der Waals surface area contributed by atoms with Crippen molar-refractivity contribution in [2.24, 2.45) is 0 Å². The zero-order chi connectivity index (χ0) is 22.8. The fourth-order valence-electron chi connectivity index (χ4n) is 5.18. The van der Waals surface area contributed by atoms with E-state index in [0.29, 0.717) is 37.3 Å². The Morgan fingerprint density at radius 3 is 2.31 bits per heavy atom. The lowest BCUT2D eigenvalue weighted by Gasteiger charge is -2.29. The number of rotatable bonds is 6. The molecule has 2 aromatic rings. The minimum absolute atomic E-state index is 0. The second-order valence-electron chi connectivity index (χ2n) is 9.39. The number of hydrogen-bond acceptors (Lipinski definition) is 5. The van der Waals surface area contributed by atoms with Gasteiger partial charge in [0.05, 0.1) is 19.0 Å². The molecule has 0 bridgehead atoms. The van der Waals surface area contributed by atoms with E-state index < -0.39 is 6.04 Å². The molecule has 0 radical (unpaired) electrons. The SMILES string of the molecule is Cl.Cl.O=C1CCC(N2Cc3c(OCc4ccc(CN5CCCCC5)cc4)cccc3C2=O)C(=O)C1. The van der Waals surface area contributed by atoms with Gasteiger partial charge in [0.25, 0.3) is 5.91 Å². The molecular formula is C27H32Cl2N2O4. The molecule has 5 rings (SSSR count). The van der Waals surface area contributed by atoms with Crippen LogP contribution in [0.4, 0.5) is 0 Å². The Bertz CT molecular complexity index is 1070. The number of carbonyl (C=O) groups excluding carboxylic acids is 3. The molecule has 1 unspecified atom stereocenters. The Kier molecular flexibility index (Phi) is 9.34. The first-order chi connectivity index (χ1) is 16.1. The summed E-state index contributed by atoms with van der Waals surface area (Å²) < 4.78 is 6.12. The number of hydrogen-bond donors (Lipinski definition) is 0. The van der Waals surface area contributed by atoms with Gasteiger partial charge in [-0.2, -0.15) is 0 Å². The smallest absolute Gasteiger partial charge is 0.255 e. The highest BCUT2D eigenvalue weighted by molar-refractivity contribution is 6.07. The van der Waals surface area contributed by atoms with Crippen molar-refractivity contribution in [3.8, 4) is 5.75 Å². The Morgan fingerprint density at radius 2 is 1.60 bits per heavy atom. The van der Waals surface area contributed by atoms with Gasteiger partial charge in [-0.1, -0.05) is 36.8 Å². The average Bonchev–Trinajstić information content (AvgIpc) is 3.16. The first-order valence-electron chi connectivity index (χ1n) is 12.0. The van der Waals surface area contributed by atoms with Gasteiger partial charge in [0.1, 0.15) is 18.1 Å². The first kappa shape index (κ1) is 27.2. The zero-order valence-electron chi connectivity index (χ0n) is 19.7. The fraction of sp³-hybridized carbons (Fsp3) is 0.444. The lowest BCUT2D eigenvalue weighted by molar-refractivity contribution is -0.133. The number of halogens is 2. The summed E-state index contributed by atoms with van der Waals surface area (Å²) in [6, 6.07) is 13.5. The summed E-state index contributed by atoms with van der Waals surface area (Å²) >= 11 is 0. The summed E-state index contributed by atoms with van der Waals surface area (Å²) in [5.41, 5.74) is 3.82. The van der Waals surface area contributed by atoms with Crippen LogP contribution in [-0.2, 0) is 29.3 Å². The van der Waals surface area contributed by atoms with Gasteiger partial charge in [-0.25, -0.2) is 0 Å². The van der Waals surface area contributed by atoms with Gasteiger partial charge < -0.3 is 9.64 Å². The highest BCUT2D eigenvalue weighted by atomic mass is 35.5. The molecule has 1 saturated carbocycles. The molecule has 2 fully saturated rings. The standard InChI is InChI=1S/C27H30N2O4.2ClH/c30-21-11-12-24(25(31)15-21)29-17-23-22(27(29)32)5-4-6-26(23)33-18-20-9-7-19(8-10-20)16-28-13-2-1-3-14-28;;/h4-10,24H,1-3,11-18H2;2*1H. The van der Waals surface area contributed by atoms with Crippen molar-refractivity contribution in [1.82, 2.24) is 9.80 Å². The molecule has 0 N–H and O–H groups in total. The summed E-state index contributed by atoms with van der Waals surface area (Å²) in [5.74, 6) is 0.344. The third-order valence-corrected chi connectivity index (χ3v) is 7.04. The van der Waals surface area contributed by atoms with E-state index in [1.807, 2.05) is 12.1 Å². The summed E-state index contributed by atoms with van der Waals surface area (Å²) in [6.45, 7) is 4.14. The largest absolute Gasteiger partial charge is 0.489 e. The van der Waals surface area contributed by atoms with E-state index in [2.05, 4.69) is 29.2 Å². The lowest BCUT2D eigenvalue weighted by atomic mass is 9.92. The topological polar surface area (TPSA) is 66.9 Å². The maximum absolute atomic E-state index is 13.0. The highest BCUT2D eigenvalue weighted by Gasteiger charge is 2.39. The van der Waals surface area contributed by atoms with Gasteiger partial charge in [0.15, 0.2) is 5.78 Å². The van der Waals surface area contributed by atoms with Gasteiger partial charge in [-0.15, -0.1) is 24.8 Å². The number of benzene rings is 2. The molecule has 2 aliphatic heterocycles. The molecule has 1 amide bonds. The molecule has 188 valence electrons. The Hall–Kier alpha value is -2.41. The average molecular weight is 519 g/mol. The summed E-state index contributed by atoms with van der Waals surface area (Å²) in [7, 11) is 0. The molecule has 3 aliphatic rings. The molecule has 35 heavy (non-hydrogen) atoms. The predicted molar refractivity (Wildman–Crippen MR) is 138 cm³/mol. The maximum Gasteiger partial charge on any atom is 0.255 e. The van der Waals surface area contributed by atoms with Crippen molar-refractivity contribution >= 4 is 42.3 Å². The molecule has 1 atom stereocenters. The molecule has 0 aromatic heterocycles. The molecule has 2 aromatic carbocycles. The number of amides is 1. The number of Topliss-reactive ketones (excluding diaryl/α,β-unsaturated/α-hetero) is 2. The van der Waals surface area contributed by atoms with E-state index in [1.165, 1.54) is 37.9 Å². The van der Waals surface area contributed by atoms with Gasteiger partial charge >= 0.3 is 0 Å². The van der Waals surface area contributed by atoms with E-state index in [-0.39, 0.29) is 48.7 Å². The number of ketones is 2. The number of nitrogens with zero attached hydrogens (tertiary/aromatic N) is 2. The van der Waals surface area contributed by atoms with Crippen molar-refractivity contribution in [3.05, 3.63) is 64.7 Å². The normalized spacial score (nSPS) is 20.2. The fourth-order valence-corrected chi connectivity index (χ4v) is 5.18. The van der Waals surface area contributed by atoms with Crippen LogP contribution in [0, 0.1) is 0 Å². The van der Waals surface area contributed by atoms with Crippen LogP contribution in [0.1, 0.15) is 65.6 Å². The summed E-state index contributed by atoms with van der Waals surface area (Å²) in [6.07, 6.45) is 4.63. The number of carbonyl (C=O) groups is 3. The lowest BCUT2D eigenvalue weighted by Crippen LogP contribution is -2.44. The molecule has 2 heterocycles. The van der Waals surface area contributed by atoms with Gasteiger partial charge in [-0.05, 0) is 55.6 Å². The van der Waals surface area contributed by atoms with Gasteiger partial charge in [0.2, 0.25) is 0 Å².